The number of rotatable bonds is 5. The number of ether oxygens (including phenoxy) is 1. The van der Waals surface area contributed by atoms with Gasteiger partial charge in [0.25, 0.3) is 5.91 Å². The Bertz CT molecular complexity index is 1290. The number of hydrogen-bond acceptors (Lipinski definition) is 7. The molecule has 1 N–H and O–H groups in total. The van der Waals surface area contributed by atoms with Crippen LogP contribution in [0.5, 0.6) is 0 Å². The smallest absolute Gasteiger partial charge is 0.309 e. The standard InChI is InChI=1S/C24H24N2O7S/c1-14(33-24(30)15-9-11-26(12-10-15)34(2,31)32)23(29)25-16-7-8-19-20(13-16)22(28)18-6-4-3-5-17(18)21(19)27/h3-8,13-15H,9-12H2,1-2H3,(H,25,29)/t14-/m0/s1. The molecule has 1 fully saturated rings. The van der Waals surface area contributed by atoms with Crippen molar-refractivity contribution in [1.82, 2.24) is 4.31 Å². The molecule has 2 aromatic rings. The number of nitrogens with one attached hydrogen (secondary N) is 1. The molecule has 0 unspecified atom stereocenters. The number of amides is 1. The van der Waals surface area contributed by atoms with E-state index in [0.717, 1.165) is 6.26 Å². The van der Waals surface area contributed by atoms with E-state index in [9.17, 15) is 27.6 Å². The number of nitrogens with zero attached hydrogens (tertiary/aromatic N) is 1. The van der Waals surface area contributed by atoms with Crippen LogP contribution < -0.4 is 5.32 Å². The van der Waals surface area contributed by atoms with E-state index in [4.69, 9.17) is 4.74 Å². The van der Waals surface area contributed by atoms with Crippen molar-refractivity contribution in [3.05, 3.63) is 64.7 Å². The second kappa shape index (κ2) is 9.11. The highest BCUT2D eigenvalue weighted by atomic mass is 32.2. The van der Waals surface area contributed by atoms with Crippen LogP contribution in [0.2, 0.25) is 0 Å². The maximum atomic E-state index is 12.9. The average molecular weight is 485 g/mol. The fourth-order valence-corrected chi connectivity index (χ4v) is 5.04. The van der Waals surface area contributed by atoms with Crippen molar-refractivity contribution in [1.29, 1.82) is 0 Å². The number of sulfonamides is 1. The predicted octanol–water partition coefficient (Wildman–Crippen LogP) is 2.00. The minimum absolute atomic E-state index is 0.198. The molecule has 0 aromatic heterocycles. The Morgan fingerprint density at radius 2 is 1.53 bits per heavy atom. The van der Waals surface area contributed by atoms with Crippen LogP contribution >= 0.6 is 0 Å². The Labute approximate surface area is 197 Å². The van der Waals surface area contributed by atoms with Crippen LogP contribution in [0.1, 0.15) is 51.6 Å². The number of carbonyl (C=O) groups excluding carboxylic acids is 4. The first kappa shape index (κ1) is 23.8. The van der Waals surface area contributed by atoms with Crippen molar-refractivity contribution in [2.75, 3.05) is 24.7 Å². The highest BCUT2D eigenvalue weighted by molar-refractivity contribution is 7.88. The number of esters is 1. The summed E-state index contributed by atoms with van der Waals surface area (Å²) in [6.45, 7) is 1.89. The number of benzene rings is 2. The monoisotopic (exact) mass is 484 g/mol. The third kappa shape index (κ3) is 4.64. The predicted molar refractivity (Wildman–Crippen MR) is 123 cm³/mol. The lowest BCUT2D eigenvalue weighted by atomic mass is 9.84. The van der Waals surface area contributed by atoms with E-state index < -0.39 is 33.9 Å². The lowest BCUT2D eigenvalue weighted by Gasteiger charge is -2.29. The summed E-state index contributed by atoms with van der Waals surface area (Å²) in [5.74, 6) is -2.19. The minimum Gasteiger partial charge on any atom is -0.452 e. The quantitative estimate of drug-likeness (QED) is 0.549. The lowest BCUT2D eigenvalue weighted by molar-refractivity contribution is -0.158. The van der Waals surface area contributed by atoms with Gasteiger partial charge < -0.3 is 10.1 Å². The Morgan fingerprint density at radius 1 is 0.971 bits per heavy atom. The molecule has 1 atom stereocenters. The summed E-state index contributed by atoms with van der Waals surface area (Å²) in [7, 11) is -3.30. The van der Waals surface area contributed by atoms with Gasteiger partial charge in [-0.25, -0.2) is 12.7 Å². The van der Waals surface area contributed by atoms with E-state index in [2.05, 4.69) is 5.32 Å². The Hall–Kier alpha value is -3.37. The molecular weight excluding hydrogens is 460 g/mol. The number of carbonyl (C=O) groups is 4. The second-order valence-electron chi connectivity index (χ2n) is 8.47. The zero-order valence-electron chi connectivity index (χ0n) is 18.7. The zero-order valence-corrected chi connectivity index (χ0v) is 19.6. The Morgan fingerprint density at radius 3 is 2.12 bits per heavy atom. The SMILES string of the molecule is C[C@H](OC(=O)C1CCN(S(C)(=O)=O)CC1)C(=O)Nc1ccc2c(c1)C(=O)c1ccccc1C2=O. The first-order chi connectivity index (χ1) is 16.1. The number of fused-ring (bicyclic) bond motifs is 2. The third-order valence-corrected chi connectivity index (χ3v) is 7.41. The highest BCUT2D eigenvalue weighted by Gasteiger charge is 2.32. The fourth-order valence-electron chi connectivity index (χ4n) is 4.17. The van der Waals surface area contributed by atoms with Crippen molar-refractivity contribution in [3.8, 4) is 0 Å². The molecule has 2 aromatic carbocycles. The molecule has 1 aliphatic heterocycles. The van der Waals surface area contributed by atoms with Gasteiger partial charge in [0, 0.05) is 41.0 Å². The van der Waals surface area contributed by atoms with Crippen LogP contribution in [0, 0.1) is 5.92 Å². The van der Waals surface area contributed by atoms with E-state index >= 15 is 0 Å². The number of ketones is 2. The summed E-state index contributed by atoms with van der Waals surface area (Å²) >= 11 is 0. The maximum absolute atomic E-state index is 12.9. The highest BCUT2D eigenvalue weighted by Crippen LogP contribution is 2.29. The summed E-state index contributed by atoms with van der Waals surface area (Å²) in [6.07, 6.45) is 0.668. The molecule has 10 heteroatoms. The molecule has 1 aliphatic carbocycles. The van der Waals surface area contributed by atoms with Crippen molar-refractivity contribution in [2.45, 2.75) is 25.9 Å². The number of piperidine rings is 1. The van der Waals surface area contributed by atoms with Crippen molar-refractivity contribution < 1.29 is 32.3 Å². The number of hydrogen-bond donors (Lipinski definition) is 1. The summed E-state index contributed by atoms with van der Waals surface area (Å²) in [6, 6.07) is 11.0. The topological polar surface area (TPSA) is 127 Å². The summed E-state index contributed by atoms with van der Waals surface area (Å²) in [5.41, 5.74) is 1.42. The molecule has 34 heavy (non-hydrogen) atoms. The molecule has 4 rings (SSSR count). The van der Waals surface area contributed by atoms with Crippen LogP contribution in [-0.2, 0) is 24.3 Å². The van der Waals surface area contributed by atoms with Gasteiger partial charge in [-0.05, 0) is 38.0 Å². The molecule has 178 valence electrons. The molecule has 1 saturated heterocycles. The van der Waals surface area contributed by atoms with Gasteiger partial charge in [0.05, 0.1) is 12.2 Å². The van der Waals surface area contributed by atoms with Gasteiger partial charge in [0.1, 0.15) is 0 Å². The largest absolute Gasteiger partial charge is 0.452 e. The number of anilines is 1. The van der Waals surface area contributed by atoms with Gasteiger partial charge >= 0.3 is 5.97 Å². The molecular formula is C24H24N2O7S. The van der Waals surface area contributed by atoms with Crippen molar-refractivity contribution in [2.24, 2.45) is 5.92 Å². The second-order valence-corrected chi connectivity index (χ2v) is 10.5. The van der Waals surface area contributed by atoms with E-state index in [1.54, 1.807) is 24.3 Å². The molecule has 2 aliphatic rings. The first-order valence-electron chi connectivity index (χ1n) is 10.8. The van der Waals surface area contributed by atoms with Crippen LogP contribution in [0.4, 0.5) is 5.69 Å². The normalized spacial score (nSPS) is 17.5. The lowest BCUT2D eigenvalue weighted by Crippen LogP contribution is -2.41. The van der Waals surface area contributed by atoms with Gasteiger partial charge in [-0.1, -0.05) is 24.3 Å². The van der Waals surface area contributed by atoms with E-state index in [0.29, 0.717) is 29.7 Å². The van der Waals surface area contributed by atoms with E-state index in [-0.39, 0.29) is 35.8 Å². The van der Waals surface area contributed by atoms with Gasteiger partial charge in [0.2, 0.25) is 10.0 Å². The van der Waals surface area contributed by atoms with Crippen molar-refractivity contribution >= 4 is 39.2 Å². The molecule has 1 heterocycles. The van der Waals surface area contributed by atoms with E-state index in [1.807, 2.05) is 0 Å². The minimum atomic E-state index is -3.30. The van der Waals surface area contributed by atoms with Crippen LogP contribution in [0.15, 0.2) is 42.5 Å². The summed E-state index contributed by atoms with van der Waals surface area (Å²) in [4.78, 5) is 50.6. The Kier molecular flexibility index (Phi) is 6.37. The molecule has 0 bridgehead atoms. The Balaban J connectivity index is 1.39. The average Bonchev–Trinajstić information content (AvgIpc) is 2.82. The van der Waals surface area contributed by atoms with Gasteiger partial charge in [-0.3, -0.25) is 19.2 Å². The first-order valence-corrected chi connectivity index (χ1v) is 12.7. The molecule has 1 amide bonds. The summed E-state index contributed by atoms with van der Waals surface area (Å²) in [5, 5.41) is 2.62. The van der Waals surface area contributed by atoms with Crippen LogP contribution in [0.25, 0.3) is 0 Å². The van der Waals surface area contributed by atoms with E-state index in [1.165, 1.54) is 29.4 Å². The van der Waals surface area contributed by atoms with Crippen molar-refractivity contribution in [3.63, 3.8) is 0 Å². The van der Waals surface area contributed by atoms with Gasteiger partial charge in [-0.2, -0.15) is 0 Å². The zero-order chi connectivity index (χ0) is 24.6. The van der Waals surface area contributed by atoms with Gasteiger partial charge in [0.15, 0.2) is 17.7 Å². The summed E-state index contributed by atoms with van der Waals surface area (Å²) < 4.78 is 29.8. The van der Waals surface area contributed by atoms with Crippen LogP contribution in [0.3, 0.4) is 0 Å². The molecule has 0 spiro atoms. The third-order valence-electron chi connectivity index (χ3n) is 6.11. The van der Waals surface area contributed by atoms with Crippen LogP contribution in [-0.4, -0.2) is 61.6 Å². The molecule has 0 saturated carbocycles. The van der Waals surface area contributed by atoms with Gasteiger partial charge in [-0.15, -0.1) is 0 Å². The molecule has 9 nitrogen and oxygen atoms in total. The maximum Gasteiger partial charge on any atom is 0.309 e. The molecule has 0 radical (unpaired) electrons. The fraction of sp³-hybridized carbons (Fsp3) is 0.333.